The monoisotopic (exact) mass is 557 g/mol. The number of amides is 2. The third kappa shape index (κ3) is 8.43. The topological polar surface area (TPSA) is 129 Å². The molecule has 0 saturated carbocycles. The lowest BCUT2D eigenvalue weighted by Gasteiger charge is -2.26. The molecule has 2 N–H and O–H groups in total. The van der Waals surface area contributed by atoms with Crippen LogP contribution >= 0.6 is 0 Å². The summed E-state index contributed by atoms with van der Waals surface area (Å²) in [5.74, 6) is -0.645. The van der Waals surface area contributed by atoms with Crippen LogP contribution in [0.25, 0.3) is 11.3 Å². The molecule has 10 heteroatoms. The van der Waals surface area contributed by atoms with Gasteiger partial charge >= 0.3 is 17.8 Å². The second-order valence-electron chi connectivity index (χ2n) is 9.83. The van der Waals surface area contributed by atoms with Gasteiger partial charge in [-0.1, -0.05) is 42.5 Å². The number of rotatable bonds is 11. The Hall–Kier alpha value is -5.12. The summed E-state index contributed by atoms with van der Waals surface area (Å²) in [4.78, 5) is 41.3. The summed E-state index contributed by atoms with van der Waals surface area (Å²) >= 11 is 0. The van der Waals surface area contributed by atoms with Gasteiger partial charge in [0, 0.05) is 17.3 Å². The van der Waals surface area contributed by atoms with E-state index >= 15 is 0 Å². The number of hydrogen-bond donors (Lipinski definition) is 2. The van der Waals surface area contributed by atoms with E-state index in [1.165, 1.54) is 13.5 Å². The number of carbonyl (C=O) groups excluding carboxylic acids is 3. The van der Waals surface area contributed by atoms with Gasteiger partial charge in [-0.2, -0.15) is 0 Å². The first-order chi connectivity index (χ1) is 19.7. The average Bonchev–Trinajstić information content (AvgIpc) is 3.50. The Morgan fingerprint density at radius 2 is 1.71 bits per heavy atom. The first-order valence-corrected chi connectivity index (χ1v) is 12.8. The van der Waals surface area contributed by atoms with E-state index in [9.17, 15) is 14.4 Å². The zero-order valence-corrected chi connectivity index (χ0v) is 23.0. The van der Waals surface area contributed by atoms with Crippen molar-refractivity contribution < 1.29 is 33.0 Å². The van der Waals surface area contributed by atoms with Gasteiger partial charge in [-0.15, -0.1) is 0 Å². The van der Waals surface area contributed by atoms with Crippen molar-refractivity contribution >= 4 is 23.5 Å². The molecular formula is C31H31N3O7. The van der Waals surface area contributed by atoms with Gasteiger partial charge in [0.1, 0.15) is 18.1 Å². The number of aromatic nitrogens is 1. The molecule has 0 fully saturated rings. The predicted molar refractivity (Wildman–Crippen MR) is 151 cm³/mol. The number of hydrogen-bond acceptors (Lipinski definition) is 8. The highest BCUT2D eigenvalue weighted by Gasteiger charge is 2.25. The standard InChI is InChI=1S/C31H31N3O7/c1-31(2,16-22-10-7-11-24(14-22)39-19-28(35)40-18-21-8-5-4-6-9-21)34-30(37)29(36)33-23-12-13-25(26(15-23)38-3)27-17-32-20-41-27/h4-15,17,20H,16,18-19H2,1-3H3,(H,33,36)(H,34,37). The molecule has 41 heavy (non-hydrogen) atoms. The lowest BCUT2D eigenvalue weighted by molar-refractivity contribution is -0.147. The molecule has 1 heterocycles. The number of anilines is 1. The minimum Gasteiger partial charge on any atom is -0.496 e. The van der Waals surface area contributed by atoms with Gasteiger partial charge in [0.2, 0.25) is 0 Å². The van der Waals surface area contributed by atoms with Crippen LogP contribution in [0.4, 0.5) is 5.69 Å². The number of ether oxygens (including phenoxy) is 3. The SMILES string of the molecule is COc1cc(NC(=O)C(=O)NC(C)(C)Cc2cccc(OCC(=O)OCc3ccccc3)c2)ccc1-c1cnco1. The highest BCUT2D eigenvalue weighted by Crippen LogP contribution is 2.32. The summed E-state index contributed by atoms with van der Waals surface area (Å²) in [6.07, 6.45) is 3.26. The number of nitrogens with one attached hydrogen (secondary N) is 2. The second kappa shape index (κ2) is 13.3. The Bertz CT molecular complexity index is 1480. The molecule has 212 valence electrons. The maximum absolute atomic E-state index is 12.7. The van der Waals surface area contributed by atoms with E-state index in [1.807, 2.05) is 50.2 Å². The van der Waals surface area contributed by atoms with E-state index in [4.69, 9.17) is 18.6 Å². The number of carbonyl (C=O) groups is 3. The fourth-order valence-corrected chi connectivity index (χ4v) is 4.10. The van der Waals surface area contributed by atoms with Crippen LogP contribution in [0.5, 0.6) is 11.5 Å². The summed E-state index contributed by atoms with van der Waals surface area (Å²) in [6, 6.07) is 21.5. The van der Waals surface area contributed by atoms with Crippen molar-refractivity contribution in [3.05, 3.63) is 96.5 Å². The molecule has 2 amide bonds. The summed E-state index contributed by atoms with van der Waals surface area (Å²) in [5, 5.41) is 5.36. The molecule has 3 aromatic carbocycles. The van der Waals surface area contributed by atoms with Gasteiger partial charge in [-0.05, 0) is 55.7 Å². The lowest BCUT2D eigenvalue weighted by Crippen LogP contribution is -2.49. The fourth-order valence-electron chi connectivity index (χ4n) is 4.10. The minimum atomic E-state index is -0.821. The molecule has 4 aromatic rings. The third-order valence-corrected chi connectivity index (χ3v) is 5.96. The number of benzene rings is 3. The Morgan fingerprint density at radius 1 is 0.927 bits per heavy atom. The van der Waals surface area contributed by atoms with E-state index in [0.717, 1.165) is 11.1 Å². The fraction of sp³-hybridized carbons (Fsp3) is 0.226. The Balaban J connectivity index is 1.28. The number of methoxy groups -OCH3 is 1. The molecule has 0 radical (unpaired) electrons. The summed E-state index contributed by atoms with van der Waals surface area (Å²) in [7, 11) is 1.49. The normalized spacial score (nSPS) is 10.9. The van der Waals surface area contributed by atoms with Crippen LogP contribution < -0.4 is 20.1 Å². The second-order valence-corrected chi connectivity index (χ2v) is 9.83. The summed E-state index contributed by atoms with van der Waals surface area (Å²) in [6.45, 7) is 3.55. The molecule has 1 aromatic heterocycles. The molecule has 0 aliphatic heterocycles. The Labute approximate surface area is 237 Å². The maximum atomic E-state index is 12.7. The van der Waals surface area contributed by atoms with Gasteiger partial charge in [0.15, 0.2) is 18.8 Å². The van der Waals surface area contributed by atoms with E-state index in [-0.39, 0.29) is 13.2 Å². The molecule has 0 unspecified atom stereocenters. The van der Waals surface area contributed by atoms with E-state index in [0.29, 0.717) is 34.9 Å². The molecule has 0 atom stereocenters. The lowest BCUT2D eigenvalue weighted by atomic mass is 9.94. The molecule has 0 saturated heterocycles. The largest absolute Gasteiger partial charge is 0.496 e. The molecule has 0 spiro atoms. The molecule has 10 nitrogen and oxygen atoms in total. The molecular weight excluding hydrogens is 526 g/mol. The summed E-state index contributed by atoms with van der Waals surface area (Å²) in [5.41, 5.74) is 2.01. The van der Waals surface area contributed by atoms with E-state index in [1.54, 1.807) is 42.6 Å². The highest BCUT2D eigenvalue weighted by atomic mass is 16.6. The highest BCUT2D eigenvalue weighted by molar-refractivity contribution is 6.39. The molecule has 0 bridgehead atoms. The van der Waals surface area contributed by atoms with Gasteiger partial charge in [-0.25, -0.2) is 9.78 Å². The molecule has 4 rings (SSSR count). The van der Waals surface area contributed by atoms with Gasteiger partial charge in [-0.3, -0.25) is 9.59 Å². The molecule has 0 aliphatic rings. The van der Waals surface area contributed by atoms with Crippen molar-refractivity contribution in [1.29, 1.82) is 0 Å². The van der Waals surface area contributed by atoms with Crippen molar-refractivity contribution in [3.63, 3.8) is 0 Å². The average molecular weight is 558 g/mol. The first kappa shape index (κ1) is 28.9. The zero-order valence-electron chi connectivity index (χ0n) is 23.0. The smallest absolute Gasteiger partial charge is 0.344 e. The van der Waals surface area contributed by atoms with Crippen LogP contribution in [0.2, 0.25) is 0 Å². The Kier molecular flexibility index (Phi) is 9.36. The molecule has 0 aliphatic carbocycles. The quantitative estimate of drug-likeness (QED) is 0.203. The first-order valence-electron chi connectivity index (χ1n) is 12.8. The van der Waals surface area contributed by atoms with Gasteiger partial charge < -0.3 is 29.3 Å². The maximum Gasteiger partial charge on any atom is 0.344 e. The van der Waals surface area contributed by atoms with Gasteiger partial charge in [0.05, 0.1) is 18.9 Å². The van der Waals surface area contributed by atoms with Crippen molar-refractivity contribution in [1.82, 2.24) is 10.3 Å². The van der Waals surface area contributed by atoms with Crippen LogP contribution in [0, 0.1) is 0 Å². The third-order valence-electron chi connectivity index (χ3n) is 5.96. The van der Waals surface area contributed by atoms with Crippen LogP contribution in [-0.2, 0) is 32.1 Å². The minimum absolute atomic E-state index is 0.173. The van der Waals surface area contributed by atoms with E-state index in [2.05, 4.69) is 15.6 Å². The Morgan fingerprint density at radius 3 is 2.44 bits per heavy atom. The van der Waals surface area contributed by atoms with Crippen molar-refractivity contribution in [3.8, 4) is 22.8 Å². The van der Waals surface area contributed by atoms with E-state index < -0.39 is 23.3 Å². The van der Waals surface area contributed by atoms with Crippen LogP contribution in [0.1, 0.15) is 25.0 Å². The predicted octanol–water partition coefficient (Wildman–Crippen LogP) is 4.55. The van der Waals surface area contributed by atoms with Gasteiger partial charge in [0.25, 0.3) is 0 Å². The van der Waals surface area contributed by atoms with Crippen molar-refractivity contribution in [2.45, 2.75) is 32.4 Å². The number of oxazole rings is 1. The van der Waals surface area contributed by atoms with Crippen LogP contribution in [0.3, 0.4) is 0 Å². The zero-order chi connectivity index (χ0) is 29.2. The number of nitrogens with zero attached hydrogens (tertiary/aromatic N) is 1. The summed E-state index contributed by atoms with van der Waals surface area (Å²) < 4.78 is 21.5. The van der Waals surface area contributed by atoms with Crippen molar-refractivity contribution in [2.75, 3.05) is 19.0 Å². The van der Waals surface area contributed by atoms with Crippen LogP contribution in [0.15, 0.2) is 89.8 Å². The number of esters is 1. The van der Waals surface area contributed by atoms with Crippen molar-refractivity contribution in [2.24, 2.45) is 0 Å². The van der Waals surface area contributed by atoms with Crippen LogP contribution in [-0.4, -0.2) is 42.0 Å².